The van der Waals surface area contributed by atoms with Gasteiger partial charge in [0.05, 0.1) is 19.4 Å². The van der Waals surface area contributed by atoms with E-state index < -0.39 is 5.91 Å². The Balaban J connectivity index is 1.65. The Morgan fingerprint density at radius 3 is 2.52 bits per heavy atom. The molecule has 6 nitrogen and oxygen atoms in total. The summed E-state index contributed by atoms with van der Waals surface area (Å²) < 4.78 is 10.8. The summed E-state index contributed by atoms with van der Waals surface area (Å²) in [4.78, 5) is 17.0. The monoisotopic (exact) mass is 433 g/mol. The van der Waals surface area contributed by atoms with Crippen LogP contribution in [0.5, 0.6) is 11.5 Å². The second-order valence-electron chi connectivity index (χ2n) is 6.66. The number of hydrogen-bond acceptors (Lipinski definition) is 6. The minimum atomic E-state index is -0.499. The fourth-order valence-corrected chi connectivity index (χ4v) is 3.41. The van der Waals surface area contributed by atoms with Crippen LogP contribution in [0.3, 0.4) is 0 Å². The molecule has 0 atom stereocenters. The first kappa shape index (κ1) is 22.1. The van der Waals surface area contributed by atoms with Crippen LogP contribution in [-0.2, 0) is 4.79 Å². The molecule has 1 heterocycles. The van der Waals surface area contributed by atoms with E-state index in [-0.39, 0.29) is 5.57 Å². The lowest BCUT2D eigenvalue weighted by Crippen LogP contribution is -2.13. The molecule has 31 heavy (non-hydrogen) atoms. The third-order valence-electron chi connectivity index (χ3n) is 4.43. The lowest BCUT2D eigenvalue weighted by Gasteiger charge is -2.05. The van der Waals surface area contributed by atoms with E-state index in [4.69, 9.17) is 9.47 Å². The number of carbonyl (C=O) groups is 1. The molecule has 0 saturated heterocycles. The third kappa shape index (κ3) is 6.17. The Bertz CT molecular complexity index is 1080. The average molecular weight is 434 g/mol. The van der Waals surface area contributed by atoms with Crippen molar-refractivity contribution in [3.8, 4) is 28.8 Å². The fraction of sp³-hybridized carbons (Fsp3) is 0.208. The van der Waals surface area contributed by atoms with Crippen LogP contribution < -0.4 is 14.8 Å². The van der Waals surface area contributed by atoms with E-state index in [1.807, 2.05) is 60.0 Å². The van der Waals surface area contributed by atoms with Crippen LogP contribution in [0.25, 0.3) is 17.3 Å². The smallest absolute Gasteiger partial charge is 0.268 e. The lowest BCUT2D eigenvalue weighted by atomic mass is 10.1. The number of hydrogen-bond donors (Lipinski definition) is 1. The summed E-state index contributed by atoms with van der Waals surface area (Å²) in [5.74, 6) is 1.03. The van der Waals surface area contributed by atoms with Crippen LogP contribution in [0.4, 0.5) is 5.13 Å². The standard InChI is InChI=1S/C24H23N3O3S/c1-3-4-13-30-21-9-5-17(6-10-21)14-19(15-25)23(28)27-24-26-22(16-31-24)18-7-11-20(29-2)12-8-18/h5-12,14,16H,3-4,13H2,1-2H3,(H,26,27,28). The highest BCUT2D eigenvalue weighted by Gasteiger charge is 2.13. The molecule has 0 aliphatic heterocycles. The van der Waals surface area contributed by atoms with Crippen LogP contribution in [0.2, 0.25) is 0 Å². The summed E-state index contributed by atoms with van der Waals surface area (Å²) >= 11 is 1.30. The molecule has 1 aromatic heterocycles. The van der Waals surface area contributed by atoms with Crippen LogP contribution >= 0.6 is 11.3 Å². The minimum absolute atomic E-state index is 0.000786. The predicted molar refractivity (Wildman–Crippen MR) is 123 cm³/mol. The number of ether oxygens (including phenoxy) is 2. The summed E-state index contributed by atoms with van der Waals surface area (Å²) in [6.07, 6.45) is 3.61. The summed E-state index contributed by atoms with van der Waals surface area (Å²) in [5, 5.41) is 14.4. The highest BCUT2D eigenvalue weighted by Crippen LogP contribution is 2.27. The Hall–Kier alpha value is -3.63. The van der Waals surface area contributed by atoms with Gasteiger partial charge in [0.1, 0.15) is 23.1 Å². The van der Waals surface area contributed by atoms with Crippen molar-refractivity contribution in [3.05, 3.63) is 65.0 Å². The molecule has 158 valence electrons. The number of carbonyl (C=O) groups excluding carboxylic acids is 1. The third-order valence-corrected chi connectivity index (χ3v) is 5.19. The van der Waals surface area contributed by atoms with E-state index in [1.165, 1.54) is 11.3 Å². The summed E-state index contributed by atoms with van der Waals surface area (Å²) in [6, 6.07) is 16.8. The first-order chi connectivity index (χ1) is 15.1. The zero-order valence-electron chi connectivity index (χ0n) is 17.4. The van der Waals surface area contributed by atoms with E-state index in [9.17, 15) is 10.1 Å². The van der Waals surface area contributed by atoms with Crippen molar-refractivity contribution < 1.29 is 14.3 Å². The van der Waals surface area contributed by atoms with E-state index in [2.05, 4.69) is 17.2 Å². The van der Waals surface area contributed by atoms with Gasteiger partial charge in [-0.2, -0.15) is 5.26 Å². The molecule has 3 rings (SSSR count). The van der Waals surface area contributed by atoms with Crippen molar-refractivity contribution in [3.63, 3.8) is 0 Å². The van der Waals surface area contributed by atoms with Crippen molar-refractivity contribution in [1.29, 1.82) is 5.26 Å². The highest BCUT2D eigenvalue weighted by molar-refractivity contribution is 7.14. The number of nitrogens with one attached hydrogen (secondary N) is 1. The maximum atomic E-state index is 12.5. The van der Waals surface area contributed by atoms with Crippen molar-refractivity contribution in [2.24, 2.45) is 0 Å². The van der Waals surface area contributed by atoms with Crippen LogP contribution in [0, 0.1) is 11.3 Å². The van der Waals surface area contributed by atoms with Gasteiger partial charge in [-0.05, 0) is 54.5 Å². The molecule has 2 aromatic carbocycles. The fourth-order valence-electron chi connectivity index (χ4n) is 2.70. The average Bonchev–Trinajstić information content (AvgIpc) is 3.27. The number of anilines is 1. The predicted octanol–water partition coefficient (Wildman–Crippen LogP) is 5.54. The van der Waals surface area contributed by atoms with Crippen LogP contribution in [0.1, 0.15) is 25.3 Å². The SMILES string of the molecule is CCCCOc1ccc(C=C(C#N)C(=O)Nc2nc(-c3ccc(OC)cc3)cs2)cc1. The second-order valence-corrected chi connectivity index (χ2v) is 7.52. The van der Waals surface area contributed by atoms with Crippen LogP contribution in [-0.4, -0.2) is 24.6 Å². The molecule has 0 saturated carbocycles. The molecular weight excluding hydrogens is 410 g/mol. The molecule has 0 aliphatic rings. The first-order valence-electron chi connectivity index (χ1n) is 9.89. The van der Waals surface area contributed by atoms with Gasteiger partial charge >= 0.3 is 0 Å². The molecule has 7 heteroatoms. The molecular formula is C24H23N3O3S. The topological polar surface area (TPSA) is 84.2 Å². The van der Waals surface area contributed by atoms with E-state index >= 15 is 0 Å². The molecule has 1 amide bonds. The van der Waals surface area contributed by atoms with Gasteiger partial charge in [-0.25, -0.2) is 4.98 Å². The number of rotatable bonds is 9. The van der Waals surface area contributed by atoms with Gasteiger partial charge in [0.2, 0.25) is 0 Å². The molecule has 3 aromatic rings. The number of amides is 1. The molecule has 0 aliphatic carbocycles. The summed E-state index contributed by atoms with van der Waals surface area (Å²) in [7, 11) is 1.61. The number of nitriles is 1. The molecule has 1 N–H and O–H groups in total. The van der Waals surface area contributed by atoms with Gasteiger partial charge in [-0.3, -0.25) is 10.1 Å². The summed E-state index contributed by atoms with van der Waals surface area (Å²) in [6.45, 7) is 2.78. The Morgan fingerprint density at radius 1 is 1.16 bits per heavy atom. The van der Waals surface area contributed by atoms with Gasteiger partial charge in [0.15, 0.2) is 5.13 Å². The van der Waals surface area contributed by atoms with E-state index in [0.29, 0.717) is 11.7 Å². The quantitative estimate of drug-likeness (QED) is 0.272. The molecule has 0 unspecified atom stereocenters. The maximum absolute atomic E-state index is 12.5. The van der Waals surface area contributed by atoms with Gasteiger partial charge in [-0.15, -0.1) is 11.3 Å². The Kier molecular flexibility index (Phi) is 7.79. The Labute approximate surface area is 185 Å². The molecule has 0 spiro atoms. The van der Waals surface area contributed by atoms with Gasteiger partial charge < -0.3 is 9.47 Å². The largest absolute Gasteiger partial charge is 0.497 e. The number of unbranched alkanes of at least 4 members (excludes halogenated alkanes) is 1. The van der Waals surface area contributed by atoms with E-state index in [1.54, 1.807) is 13.2 Å². The van der Waals surface area contributed by atoms with Gasteiger partial charge in [0.25, 0.3) is 5.91 Å². The number of benzene rings is 2. The molecule has 0 radical (unpaired) electrons. The van der Waals surface area contributed by atoms with Gasteiger partial charge in [0, 0.05) is 10.9 Å². The maximum Gasteiger partial charge on any atom is 0.268 e. The zero-order valence-corrected chi connectivity index (χ0v) is 18.2. The van der Waals surface area contributed by atoms with Crippen molar-refractivity contribution in [2.45, 2.75) is 19.8 Å². The number of methoxy groups -OCH3 is 1. The Morgan fingerprint density at radius 2 is 1.87 bits per heavy atom. The first-order valence-corrected chi connectivity index (χ1v) is 10.8. The summed E-state index contributed by atoms with van der Waals surface area (Å²) in [5.41, 5.74) is 2.40. The highest BCUT2D eigenvalue weighted by atomic mass is 32.1. The van der Waals surface area contributed by atoms with Crippen molar-refractivity contribution in [1.82, 2.24) is 4.98 Å². The number of thiazole rings is 1. The minimum Gasteiger partial charge on any atom is -0.497 e. The van der Waals surface area contributed by atoms with Gasteiger partial charge in [-0.1, -0.05) is 25.5 Å². The van der Waals surface area contributed by atoms with Crippen molar-refractivity contribution >= 4 is 28.5 Å². The van der Waals surface area contributed by atoms with E-state index in [0.717, 1.165) is 41.2 Å². The number of nitrogens with zero attached hydrogens (tertiary/aromatic N) is 2. The second kappa shape index (κ2) is 11.0. The van der Waals surface area contributed by atoms with Crippen molar-refractivity contribution in [2.75, 3.05) is 19.0 Å². The lowest BCUT2D eigenvalue weighted by molar-refractivity contribution is -0.112. The molecule has 0 fully saturated rings. The molecule has 0 bridgehead atoms. The number of aromatic nitrogens is 1. The van der Waals surface area contributed by atoms with Crippen LogP contribution in [0.15, 0.2) is 59.5 Å². The zero-order chi connectivity index (χ0) is 22.1. The normalized spacial score (nSPS) is 10.9.